The van der Waals surface area contributed by atoms with Gasteiger partial charge in [0.15, 0.2) is 0 Å². The summed E-state index contributed by atoms with van der Waals surface area (Å²) in [5, 5.41) is 0. The minimum atomic E-state index is -3.43. The van der Waals surface area contributed by atoms with Crippen LogP contribution in [-0.4, -0.2) is 21.5 Å². The molecule has 1 aliphatic rings. The summed E-state index contributed by atoms with van der Waals surface area (Å²) in [5.41, 5.74) is 5.67. The Hall–Kier alpha value is -0.430. The van der Waals surface area contributed by atoms with Gasteiger partial charge in [-0.2, -0.15) is 0 Å². The van der Waals surface area contributed by atoms with Crippen LogP contribution in [0.5, 0.6) is 0 Å². The van der Waals surface area contributed by atoms with Crippen molar-refractivity contribution in [3.63, 3.8) is 0 Å². The average molecular weight is 361 g/mol. The first-order valence-electron chi connectivity index (χ1n) is 6.97. The van der Waals surface area contributed by atoms with Crippen LogP contribution in [0, 0.1) is 11.8 Å². The molecule has 0 heterocycles. The number of rotatable bonds is 5. The van der Waals surface area contributed by atoms with Crippen LogP contribution >= 0.6 is 15.9 Å². The van der Waals surface area contributed by atoms with Gasteiger partial charge >= 0.3 is 0 Å². The van der Waals surface area contributed by atoms with Crippen LogP contribution in [0.15, 0.2) is 33.6 Å². The second-order valence-corrected chi connectivity index (χ2v) is 7.99. The minimum absolute atomic E-state index is 0.302. The average Bonchev–Trinajstić information content (AvgIpc) is 2.46. The van der Waals surface area contributed by atoms with E-state index < -0.39 is 10.0 Å². The van der Waals surface area contributed by atoms with E-state index in [1.54, 1.807) is 24.3 Å². The van der Waals surface area contributed by atoms with Crippen LogP contribution in [0.25, 0.3) is 0 Å². The van der Waals surface area contributed by atoms with Crippen molar-refractivity contribution in [3.05, 3.63) is 28.7 Å². The highest BCUT2D eigenvalue weighted by Crippen LogP contribution is 2.28. The van der Waals surface area contributed by atoms with E-state index in [0.717, 1.165) is 32.2 Å². The van der Waals surface area contributed by atoms with Crippen LogP contribution in [0.1, 0.15) is 25.7 Å². The maximum atomic E-state index is 12.3. The molecule has 0 unspecified atom stereocenters. The van der Waals surface area contributed by atoms with Crippen molar-refractivity contribution >= 4 is 26.0 Å². The normalized spacial score (nSPS) is 23.7. The molecule has 0 bridgehead atoms. The quantitative estimate of drug-likeness (QED) is 0.846. The smallest absolute Gasteiger partial charge is 0.241 e. The summed E-state index contributed by atoms with van der Waals surface area (Å²) in [6.07, 6.45) is 4.33. The first kappa shape index (κ1) is 15.9. The molecule has 0 atom stereocenters. The Balaban J connectivity index is 1.92. The lowest BCUT2D eigenvalue weighted by Crippen LogP contribution is -2.32. The lowest BCUT2D eigenvalue weighted by molar-refractivity contribution is 0.280. The summed E-state index contributed by atoms with van der Waals surface area (Å²) in [7, 11) is -3.43. The molecule has 1 aliphatic carbocycles. The maximum Gasteiger partial charge on any atom is 0.241 e. The molecule has 6 heteroatoms. The Morgan fingerprint density at radius 3 is 2.35 bits per heavy atom. The van der Waals surface area contributed by atoms with Crippen molar-refractivity contribution in [2.45, 2.75) is 30.6 Å². The van der Waals surface area contributed by atoms with Gasteiger partial charge in [0.1, 0.15) is 0 Å². The molecule has 1 fully saturated rings. The van der Waals surface area contributed by atoms with E-state index in [1.807, 2.05) is 0 Å². The van der Waals surface area contributed by atoms with E-state index >= 15 is 0 Å². The molecule has 0 aliphatic heterocycles. The summed E-state index contributed by atoms with van der Waals surface area (Å²) in [4.78, 5) is 0.302. The fourth-order valence-corrected chi connectivity index (χ4v) is 4.76. The molecule has 3 N–H and O–H groups in total. The molecule has 1 saturated carbocycles. The molecular formula is C14H21BrN2O2S. The zero-order valence-corrected chi connectivity index (χ0v) is 13.8. The molecule has 0 saturated heterocycles. The molecule has 2 rings (SSSR count). The molecule has 0 spiro atoms. The first-order chi connectivity index (χ1) is 9.53. The Labute approximate surface area is 129 Å². The van der Waals surface area contributed by atoms with Crippen LogP contribution in [0.2, 0.25) is 0 Å². The van der Waals surface area contributed by atoms with E-state index in [0.29, 0.717) is 27.7 Å². The summed E-state index contributed by atoms with van der Waals surface area (Å²) >= 11 is 3.28. The lowest BCUT2D eigenvalue weighted by Gasteiger charge is -2.27. The summed E-state index contributed by atoms with van der Waals surface area (Å²) in [6, 6.07) is 6.88. The third kappa shape index (κ3) is 4.04. The molecule has 112 valence electrons. The first-order valence-corrected chi connectivity index (χ1v) is 9.25. The SMILES string of the molecule is NC[C@H]1CC[C@H](CNS(=O)(=O)c2ccccc2Br)CC1. The highest BCUT2D eigenvalue weighted by Gasteiger charge is 2.23. The highest BCUT2D eigenvalue weighted by molar-refractivity contribution is 9.10. The molecular weight excluding hydrogens is 340 g/mol. The van der Waals surface area contributed by atoms with E-state index in [4.69, 9.17) is 5.73 Å². The van der Waals surface area contributed by atoms with Crippen molar-refractivity contribution < 1.29 is 8.42 Å². The fraction of sp³-hybridized carbons (Fsp3) is 0.571. The second-order valence-electron chi connectivity index (χ2n) is 5.40. The fourth-order valence-electron chi connectivity index (χ4n) is 2.64. The van der Waals surface area contributed by atoms with Gasteiger partial charge in [0, 0.05) is 11.0 Å². The standard InChI is InChI=1S/C14H21BrN2O2S/c15-13-3-1-2-4-14(13)20(18,19)17-10-12-7-5-11(9-16)6-8-12/h1-4,11-12,17H,5-10,16H2/t11-,12-. The summed E-state index contributed by atoms with van der Waals surface area (Å²) in [6.45, 7) is 1.26. The lowest BCUT2D eigenvalue weighted by atomic mass is 9.82. The molecule has 1 aromatic rings. The second kappa shape index (κ2) is 7.02. The maximum absolute atomic E-state index is 12.3. The van der Waals surface area contributed by atoms with E-state index in [-0.39, 0.29) is 0 Å². The van der Waals surface area contributed by atoms with Crippen molar-refractivity contribution in [3.8, 4) is 0 Å². The van der Waals surface area contributed by atoms with Crippen molar-refractivity contribution in [1.82, 2.24) is 4.72 Å². The predicted molar refractivity (Wildman–Crippen MR) is 83.8 cm³/mol. The van der Waals surface area contributed by atoms with Gasteiger partial charge in [0.05, 0.1) is 4.90 Å². The van der Waals surface area contributed by atoms with Crippen molar-refractivity contribution in [1.29, 1.82) is 0 Å². The Morgan fingerprint density at radius 2 is 1.75 bits per heavy atom. The molecule has 0 amide bonds. The largest absolute Gasteiger partial charge is 0.330 e. The number of sulfonamides is 1. The number of benzene rings is 1. The van der Waals surface area contributed by atoms with E-state index in [1.165, 1.54) is 0 Å². The van der Waals surface area contributed by atoms with Crippen LogP contribution < -0.4 is 10.5 Å². The minimum Gasteiger partial charge on any atom is -0.330 e. The number of hydrogen-bond donors (Lipinski definition) is 2. The van der Waals surface area contributed by atoms with Gasteiger partial charge in [0.2, 0.25) is 10.0 Å². The van der Waals surface area contributed by atoms with Crippen molar-refractivity contribution in [2.24, 2.45) is 17.6 Å². The van der Waals surface area contributed by atoms with Gasteiger partial charge in [0.25, 0.3) is 0 Å². The van der Waals surface area contributed by atoms with Gasteiger partial charge < -0.3 is 5.73 Å². The number of hydrogen-bond acceptors (Lipinski definition) is 3. The Bertz CT molecular complexity index is 540. The van der Waals surface area contributed by atoms with Crippen molar-refractivity contribution in [2.75, 3.05) is 13.1 Å². The third-order valence-corrected chi connectivity index (χ3v) is 6.42. The highest BCUT2D eigenvalue weighted by atomic mass is 79.9. The zero-order valence-electron chi connectivity index (χ0n) is 11.4. The van der Waals surface area contributed by atoms with Gasteiger partial charge in [-0.05, 0) is 72.1 Å². The molecule has 4 nitrogen and oxygen atoms in total. The monoisotopic (exact) mass is 360 g/mol. The number of halogens is 1. The zero-order chi connectivity index (χ0) is 14.6. The van der Waals surface area contributed by atoms with Gasteiger partial charge in [-0.15, -0.1) is 0 Å². The Kier molecular flexibility index (Phi) is 5.60. The van der Waals surface area contributed by atoms with Gasteiger partial charge in [-0.3, -0.25) is 0 Å². The number of nitrogens with one attached hydrogen (secondary N) is 1. The topological polar surface area (TPSA) is 72.2 Å². The summed E-state index contributed by atoms with van der Waals surface area (Å²) < 4.78 is 27.8. The van der Waals surface area contributed by atoms with E-state index in [2.05, 4.69) is 20.7 Å². The van der Waals surface area contributed by atoms with Crippen LogP contribution in [0.3, 0.4) is 0 Å². The molecule has 0 aromatic heterocycles. The molecule has 20 heavy (non-hydrogen) atoms. The predicted octanol–water partition coefficient (Wildman–Crippen LogP) is 2.49. The molecule has 0 radical (unpaired) electrons. The van der Waals surface area contributed by atoms with Gasteiger partial charge in [-0.25, -0.2) is 13.1 Å². The third-order valence-electron chi connectivity index (χ3n) is 3.99. The van der Waals surface area contributed by atoms with Crippen LogP contribution in [0.4, 0.5) is 0 Å². The Morgan fingerprint density at radius 1 is 1.15 bits per heavy atom. The van der Waals surface area contributed by atoms with E-state index in [9.17, 15) is 8.42 Å². The molecule has 1 aromatic carbocycles. The summed E-state index contributed by atoms with van der Waals surface area (Å²) in [5.74, 6) is 1.04. The van der Waals surface area contributed by atoms with Gasteiger partial charge in [-0.1, -0.05) is 12.1 Å². The number of nitrogens with two attached hydrogens (primary N) is 1. The van der Waals surface area contributed by atoms with Crippen LogP contribution in [-0.2, 0) is 10.0 Å².